The summed E-state index contributed by atoms with van der Waals surface area (Å²) in [6.45, 7) is 4.39. The van der Waals surface area contributed by atoms with E-state index in [4.69, 9.17) is 16.3 Å². The lowest BCUT2D eigenvalue weighted by atomic mass is 10.3. The van der Waals surface area contributed by atoms with E-state index in [1.807, 2.05) is 24.0 Å². The molecule has 1 aliphatic heterocycles. The van der Waals surface area contributed by atoms with Gasteiger partial charge in [-0.05, 0) is 19.1 Å². The van der Waals surface area contributed by atoms with Crippen LogP contribution >= 0.6 is 34.3 Å². The average Bonchev–Trinajstić information content (AvgIpc) is 3.05. The smallest absolute Gasteiger partial charge is 0.266 e. The lowest BCUT2D eigenvalue weighted by molar-refractivity contribution is 0.0305. The van der Waals surface area contributed by atoms with Gasteiger partial charge in [0.1, 0.15) is 9.88 Å². The molecule has 0 radical (unpaired) electrons. The van der Waals surface area contributed by atoms with Crippen LogP contribution in [-0.4, -0.2) is 42.1 Å². The number of ether oxygens (including phenoxy) is 1. The first kappa shape index (κ1) is 14.0. The normalized spacial score (nSPS) is 15.6. The van der Waals surface area contributed by atoms with E-state index in [1.54, 1.807) is 0 Å². The molecule has 20 heavy (non-hydrogen) atoms. The highest BCUT2D eigenvalue weighted by molar-refractivity contribution is 7.24. The van der Waals surface area contributed by atoms with Gasteiger partial charge in [-0.1, -0.05) is 11.6 Å². The van der Waals surface area contributed by atoms with Crippen molar-refractivity contribution in [3.8, 4) is 9.88 Å². The van der Waals surface area contributed by atoms with Crippen LogP contribution in [0.15, 0.2) is 12.1 Å². The third kappa shape index (κ3) is 2.74. The molecular formula is C13H13ClN2O2S2. The standard InChI is InChI=1S/C13H13ClN2O2S2/c1-8-11(13(17)16-4-6-18-7-5-16)20-12(15-8)9-2-3-10(14)19-9/h2-3H,4-7H2,1H3. The molecule has 3 heterocycles. The Morgan fingerprint density at radius 1 is 1.35 bits per heavy atom. The van der Waals surface area contributed by atoms with E-state index in [0.717, 1.165) is 19.9 Å². The number of aromatic nitrogens is 1. The Bertz CT molecular complexity index is 632. The Balaban J connectivity index is 1.86. The predicted octanol–water partition coefficient (Wildman–Crippen LogP) is 3.31. The van der Waals surface area contributed by atoms with Crippen LogP contribution in [0, 0.1) is 6.92 Å². The number of hydrogen-bond donors (Lipinski definition) is 0. The van der Waals surface area contributed by atoms with Crippen LogP contribution in [-0.2, 0) is 4.74 Å². The molecule has 1 amide bonds. The molecule has 0 saturated carbocycles. The molecule has 4 nitrogen and oxygen atoms in total. The van der Waals surface area contributed by atoms with E-state index < -0.39 is 0 Å². The van der Waals surface area contributed by atoms with E-state index in [9.17, 15) is 4.79 Å². The van der Waals surface area contributed by atoms with Crippen LogP contribution < -0.4 is 0 Å². The van der Waals surface area contributed by atoms with Gasteiger partial charge in [0.2, 0.25) is 0 Å². The van der Waals surface area contributed by atoms with Gasteiger partial charge in [-0.2, -0.15) is 0 Å². The number of morpholine rings is 1. The van der Waals surface area contributed by atoms with Crippen molar-refractivity contribution in [2.24, 2.45) is 0 Å². The molecule has 3 rings (SSSR count). The first-order chi connectivity index (χ1) is 9.65. The molecule has 2 aromatic heterocycles. The third-order valence-corrected chi connectivity index (χ3v) is 5.62. The maximum Gasteiger partial charge on any atom is 0.266 e. The summed E-state index contributed by atoms with van der Waals surface area (Å²) in [6, 6.07) is 3.79. The quantitative estimate of drug-likeness (QED) is 0.849. The Kier molecular flexibility index (Phi) is 4.07. The highest BCUT2D eigenvalue weighted by atomic mass is 35.5. The first-order valence-corrected chi connectivity index (χ1v) is 8.26. The molecule has 1 fully saturated rings. The number of halogens is 1. The van der Waals surface area contributed by atoms with Gasteiger partial charge in [0.15, 0.2) is 0 Å². The molecule has 1 saturated heterocycles. The molecule has 7 heteroatoms. The van der Waals surface area contributed by atoms with Crippen molar-refractivity contribution < 1.29 is 9.53 Å². The van der Waals surface area contributed by atoms with Crippen molar-refractivity contribution in [3.63, 3.8) is 0 Å². The molecule has 0 spiro atoms. The second kappa shape index (κ2) is 5.81. The van der Waals surface area contributed by atoms with Crippen molar-refractivity contribution >= 4 is 40.2 Å². The van der Waals surface area contributed by atoms with Crippen LogP contribution in [0.2, 0.25) is 4.34 Å². The van der Waals surface area contributed by atoms with Crippen LogP contribution in [0.3, 0.4) is 0 Å². The predicted molar refractivity (Wildman–Crippen MR) is 81.9 cm³/mol. The molecular weight excluding hydrogens is 316 g/mol. The number of aryl methyl sites for hydroxylation is 1. The lowest BCUT2D eigenvalue weighted by Gasteiger charge is -2.26. The summed E-state index contributed by atoms with van der Waals surface area (Å²) in [5.74, 6) is 0.0530. The molecule has 0 unspecified atom stereocenters. The number of hydrogen-bond acceptors (Lipinski definition) is 5. The van der Waals surface area contributed by atoms with Crippen molar-refractivity contribution in [3.05, 3.63) is 27.0 Å². The summed E-state index contributed by atoms with van der Waals surface area (Å²) in [6.07, 6.45) is 0. The summed E-state index contributed by atoms with van der Waals surface area (Å²) >= 11 is 8.86. The highest BCUT2D eigenvalue weighted by Gasteiger charge is 2.23. The van der Waals surface area contributed by atoms with Crippen molar-refractivity contribution in [1.29, 1.82) is 0 Å². The van der Waals surface area contributed by atoms with Gasteiger partial charge in [0, 0.05) is 13.1 Å². The zero-order valence-electron chi connectivity index (χ0n) is 10.9. The van der Waals surface area contributed by atoms with Crippen LogP contribution in [0.4, 0.5) is 0 Å². The molecule has 0 bridgehead atoms. The molecule has 2 aromatic rings. The number of thiophene rings is 1. The van der Waals surface area contributed by atoms with Crippen LogP contribution in [0.25, 0.3) is 9.88 Å². The topological polar surface area (TPSA) is 42.4 Å². The van der Waals surface area contributed by atoms with E-state index in [2.05, 4.69) is 4.98 Å². The monoisotopic (exact) mass is 328 g/mol. The van der Waals surface area contributed by atoms with Crippen molar-refractivity contribution in [2.75, 3.05) is 26.3 Å². The van der Waals surface area contributed by atoms with Crippen molar-refractivity contribution in [2.45, 2.75) is 6.92 Å². The zero-order valence-corrected chi connectivity index (χ0v) is 13.3. The Labute approximate surface area is 130 Å². The van der Waals surface area contributed by atoms with Crippen LogP contribution in [0.5, 0.6) is 0 Å². The zero-order chi connectivity index (χ0) is 14.1. The summed E-state index contributed by atoms with van der Waals surface area (Å²) in [7, 11) is 0. The maximum absolute atomic E-state index is 12.5. The van der Waals surface area contributed by atoms with Gasteiger partial charge in [0.25, 0.3) is 5.91 Å². The van der Waals surface area contributed by atoms with Gasteiger partial charge < -0.3 is 9.64 Å². The van der Waals surface area contributed by atoms with Gasteiger partial charge in [-0.15, -0.1) is 22.7 Å². The summed E-state index contributed by atoms with van der Waals surface area (Å²) in [5.41, 5.74) is 0.783. The van der Waals surface area contributed by atoms with Gasteiger partial charge in [-0.3, -0.25) is 4.79 Å². The Morgan fingerprint density at radius 3 is 2.75 bits per heavy atom. The number of rotatable bonds is 2. The third-order valence-electron chi connectivity index (χ3n) is 3.07. The number of carbonyl (C=O) groups is 1. The number of nitrogens with zero attached hydrogens (tertiary/aromatic N) is 2. The summed E-state index contributed by atoms with van der Waals surface area (Å²) < 4.78 is 6.00. The molecule has 0 N–H and O–H groups in total. The Hall–Kier alpha value is -0.950. The molecule has 1 aliphatic rings. The molecule has 0 aliphatic carbocycles. The Morgan fingerprint density at radius 2 is 2.10 bits per heavy atom. The van der Waals surface area contributed by atoms with Gasteiger partial charge in [-0.25, -0.2) is 4.98 Å². The molecule has 0 aromatic carbocycles. The van der Waals surface area contributed by atoms with E-state index in [-0.39, 0.29) is 5.91 Å². The average molecular weight is 329 g/mol. The summed E-state index contributed by atoms with van der Waals surface area (Å²) in [5, 5.41) is 0.857. The van der Waals surface area contributed by atoms with E-state index in [1.165, 1.54) is 22.7 Å². The van der Waals surface area contributed by atoms with E-state index >= 15 is 0 Å². The minimum Gasteiger partial charge on any atom is -0.378 e. The fraction of sp³-hybridized carbons (Fsp3) is 0.385. The molecule has 0 atom stereocenters. The lowest BCUT2D eigenvalue weighted by Crippen LogP contribution is -2.40. The van der Waals surface area contributed by atoms with Crippen molar-refractivity contribution in [1.82, 2.24) is 9.88 Å². The fourth-order valence-electron chi connectivity index (χ4n) is 2.04. The minimum atomic E-state index is 0.0530. The number of thiazole rings is 1. The minimum absolute atomic E-state index is 0.0530. The number of amides is 1. The molecule has 106 valence electrons. The van der Waals surface area contributed by atoms with Crippen LogP contribution in [0.1, 0.15) is 15.4 Å². The number of carbonyl (C=O) groups excluding carboxylic acids is 1. The highest BCUT2D eigenvalue weighted by Crippen LogP contribution is 2.35. The maximum atomic E-state index is 12.5. The fourth-order valence-corrected chi connectivity index (χ4v) is 4.17. The van der Waals surface area contributed by atoms with Gasteiger partial charge in [0.05, 0.1) is 28.1 Å². The second-order valence-corrected chi connectivity index (χ2v) is 7.16. The SMILES string of the molecule is Cc1nc(-c2ccc(Cl)s2)sc1C(=O)N1CCOCC1. The second-order valence-electron chi connectivity index (χ2n) is 4.44. The van der Waals surface area contributed by atoms with E-state index in [0.29, 0.717) is 31.2 Å². The van der Waals surface area contributed by atoms with Gasteiger partial charge >= 0.3 is 0 Å². The first-order valence-electron chi connectivity index (χ1n) is 6.25. The largest absolute Gasteiger partial charge is 0.378 e. The summed E-state index contributed by atoms with van der Waals surface area (Å²) in [4.78, 5) is 20.5.